The van der Waals surface area contributed by atoms with Gasteiger partial charge in [-0.2, -0.15) is 0 Å². The molecular formula is H6F5K. The van der Waals surface area contributed by atoms with E-state index in [-0.39, 0.29) is 74.9 Å². The first-order chi connectivity index (χ1) is 0. The summed E-state index contributed by atoms with van der Waals surface area (Å²) in [6.45, 7) is 0. The van der Waals surface area contributed by atoms with Crippen LogP contribution in [-0.2, 0) is 0 Å². The second kappa shape index (κ2) is 106. The van der Waals surface area contributed by atoms with Crippen molar-refractivity contribution in [3.8, 4) is 0 Å². The summed E-state index contributed by atoms with van der Waals surface area (Å²) in [4.78, 5) is 0. The van der Waals surface area contributed by atoms with Crippen molar-refractivity contribution in [2.24, 2.45) is 0 Å². The van der Waals surface area contributed by atoms with E-state index in [4.69, 9.17) is 0 Å². The van der Waals surface area contributed by atoms with Crippen molar-refractivity contribution in [3.05, 3.63) is 0 Å². The molecule has 0 saturated heterocycles. The molecule has 0 aliphatic heterocycles. The molecule has 0 rings (SSSR count). The van der Waals surface area contributed by atoms with E-state index in [1.807, 2.05) is 0 Å². The molecule has 0 radical (unpaired) electrons. The summed E-state index contributed by atoms with van der Waals surface area (Å²) >= 11 is 0. The molecule has 0 unspecified atom stereocenters. The molecule has 0 atom stereocenters. The van der Waals surface area contributed by atoms with E-state index < -0.39 is 0 Å². The van der Waals surface area contributed by atoms with Crippen molar-refractivity contribution >= 4 is 51.4 Å². The molecule has 0 bridgehead atoms. The molecule has 0 aromatic heterocycles. The van der Waals surface area contributed by atoms with Gasteiger partial charge in [-0.15, -0.1) is 0 Å². The molecule has 6 heteroatoms. The summed E-state index contributed by atoms with van der Waals surface area (Å²) < 4.78 is 0. The van der Waals surface area contributed by atoms with Gasteiger partial charge in [0, 0.05) is 0 Å². The zero-order chi connectivity index (χ0) is 0. The second-order valence-electron chi connectivity index (χ2n) is 0. The normalized spacial score (nSPS) is 0. The number of rotatable bonds is 0. The van der Waals surface area contributed by atoms with E-state index in [0.29, 0.717) is 0 Å². The van der Waals surface area contributed by atoms with Crippen LogP contribution in [0.3, 0.4) is 0 Å². The molecule has 42 valence electrons. The Bertz CT molecular complexity index is 3.90. The van der Waals surface area contributed by atoms with Gasteiger partial charge in [0.15, 0.2) is 0 Å². The van der Waals surface area contributed by atoms with Crippen LogP contribution >= 0.6 is 0 Å². The van der Waals surface area contributed by atoms with Crippen molar-refractivity contribution in [3.63, 3.8) is 0 Å². The van der Waals surface area contributed by atoms with Crippen molar-refractivity contribution in [1.29, 1.82) is 0 Å². The van der Waals surface area contributed by atoms with Gasteiger partial charge in [0.05, 0.1) is 0 Å². The van der Waals surface area contributed by atoms with E-state index in [2.05, 4.69) is 0 Å². The molecule has 6 heavy (non-hydrogen) atoms. The number of hydrogen-bond acceptors (Lipinski definition) is 0. The Morgan fingerprint density at radius 1 is 0.333 bits per heavy atom. The van der Waals surface area contributed by atoms with Gasteiger partial charge in [0.2, 0.25) is 0 Å². The predicted molar refractivity (Wildman–Crippen MR) is 19.7 cm³/mol. The van der Waals surface area contributed by atoms with Crippen LogP contribution < -0.4 is 0 Å². The fourth-order valence-corrected chi connectivity index (χ4v) is 0. The van der Waals surface area contributed by atoms with Crippen molar-refractivity contribution < 1.29 is 23.5 Å². The summed E-state index contributed by atoms with van der Waals surface area (Å²) in [6.07, 6.45) is 0. The van der Waals surface area contributed by atoms with Crippen LogP contribution in [0.2, 0.25) is 0 Å². The summed E-state index contributed by atoms with van der Waals surface area (Å²) in [7, 11) is 0. The van der Waals surface area contributed by atoms with E-state index in [1.54, 1.807) is 0 Å². The Morgan fingerprint density at radius 2 is 0.333 bits per heavy atom. The van der Waals surface area contributed by atoms with Gasteiger partial charge in [-0.3, -0.25) is 23.5 Å². The van der Waals surface area contributed by atoms with Crippen LogP contribution in [0.15, 0.2) is 0 Å². The number of hydrogen-bond donors (Lipinski definition) is 0. The summed E-state index contributed by atoms with van der Waals surface area (Å²) in [5.74, 6) is 0. The molecular weight excluding hydrogens is 134 g/mol. The molecule has 0 aromatic rings. The van der Waals surface area contributed by atoms with Crippen LogP contribution in [0, 0.1) is 0 Å². The van der Waals surface area contributed by atoms with Gasteiger partial charge in [-0.25, -0.2) is 0 Å². The molecule has 0 aliphatic rings. The Hall–Kier alpha value is 1.29. The predicted octanol–water partition coefficient (Wildman–Crippen LogP) is 0.114. The van der Waals surface area contributed by atoms with Gasteiger partial charge in [-0.1, -0.05) is 0 Å². The van der Waals surface area contributed by atoms with Gasteiger partial charge in [0.1, 0.15) is 0 Å². The minimum atomic E-state index is 0. The maximum atomic E-state index is 0. The van der Waals surface area contributed by atoms with E-state index >= 15 is 0 Å². The third kappa shape index (κ3) is 58.7. The van der Waals surface area contributed by atoms with Gasteiger partial charge < -0.3 is 0 Å². The minimum absolute atomic E-state index is 0. The van der Waals surface area contributed by atoms with E-state index in [1.165, 1.54) is 0 Å². The standard InChI is InChI=1S/5FH.K.H/h5*1H;;. The molecule has 0 aliphatic carbocycles. The molecule has 0 aromatic carbocycles. The topological polar surface area (TPSA) is 0 Å². The molecule has 0 nitrogen and oxygen atoms in total. The Labute approximate surface area is 73.9 Å². The molecule has 0 amide bonds. The zero-order valence-electron chi connectivity index (χ0n) is 2.04. The van der Waals surface area contributed by atoms with Gasteiger partial charge in [0.25, 0.3) is 0 Å². The Balaban J connectivity index is 0. The van der Waals surface area contributed by atoms with Crippen LogP contribution in [0.5, 0.6) is 0 Å². The molecule has 0 N–H and O–H groups in total. The van der Waals surface area contributed by atoms with Crippen molar-refractivity contribution in [2.75, 3.05) is 0 Å². The maximum absolute atomic E-state index is 0. The average molecular weight is 140 g/mol. The Morgan fingerprint density at radius 3 is 0.333 bits per heavy atom. The molecule has 0 fully saturated rings. The quantitative estimate of drug-likeness (QED) is 0.331. The molecule has 0 saturated carbocycles. The monoisotopic (exact) mass is 140 g/mol. The average Bonchev–Trinajstić information content (AvgIpc) is 0. The zero-order valence-corrected chi connectivity index (χ0v) is 2.04. The van der Waals surface area contributed by atoms with Crippen LogP contribution in [0.25, 0.3) is 0 Å². The summed E-state index contributed by atoms with van der Waals surface area (Å²) in [5.41, 5.74) is 0. The molecule has 0 spiro atoms. The van der Waals surface area contributed by atoms with E-state index in [9.17, 15) is 0 Å². The van der Waals surface area contributed by atoms with Crippen LogP contribution in [0.1, 0.15) is 0 Å². The molecule has 0 heterocycles. The van der Waals surface area contributed by atoms with Crippen molar-refractivity contribution in [1.82, 2.24) is 0 Å². The van der Waals surface area contributed by atoms with Crippen LogP contribution in [0.4, 0.5) is 23.5 Å². The van der Waals surface area contributed by atoms with Crippen molar-refractivity contribution in [2.45, 2.75) is 0 Å². The fourth-order valence-electron chi connectivity index (χ4n) is 0. The van der Waals surface area contributed by atoms with E-state index in [0.717, 1.165) is 0 Å². The van der Waals surface area contributed by atoms with Crippen LogP contribution in [-0.4, -0.2) is 51.4 Å². The first-order valence-corrected chi connectivity index (χ1v) is 0. The third-order valence-corrected chi connectivity index (χ3v) is 0. The summed E-state index contributed by atoms with van der Waals surface area (Å²) in [5, 5.41) is 0. The first-order valence-electron chi connectivity index (χ1n) is 0. The van der Waals surface area contributed by atoms with Gasteiger partial charge in [-0.05, 0) is 0 Å². The second-order valence-corrected chi connectivity index (χ2v) is 0. The fraction of sp³-hybridized carbons (Fsp3) is 0. The Kier molecular flexibility index (Phi) is 3080. The third-order valence-electron chi connectivity index (χ3n) is 0. The summed E-state index contributed by atoms with van der Waals surface area (Å²) in [6, 6.07) is 0. The first kappa shape index (κ1) is 174. The SMILES string of the molecule is F.F.F.F.F.[KH]. The number of halogens is 5. The van der Waals surface area contributed by atoms with Gasteiger partial charge >= 0.3 is 51.4 Å².